The molecule has 1 aromatic heterocycles. The fourth-order valence-corrected chi connectivity index (χ4v) is 3.00. The summed E-state index contributed by atoms with van der Waals surface area (Å²) in [5, 5.41) is 10.4. The normalized spacial score (nSPS) is 9.94. The van der Waals surface area contributed by atoms with E-state index in [2.05, 4.69) is 4.98 Å². The van der Waals surface area contributed by atoms with Gasteiger partial charge in [-0.05, 0) is 6.92 Å². The zero-order valence-electron chi connectivity index (χ0n) is 9.97. The first-order valence-corrected chi connectivity index (χ1v) is 7.16. The van der Waals surface area contributed by atoms with Gasteiger partial charge in [0.25, 0.3) is 0 Å². The van der Waals surface area contributed by atoms with Crippen molar-refractivity contribution in [2.24, 2.45) is 0 Å². The van der Waals surface area contributed by atoms with Crippen molar-refractivity contribution in [3.63, 3.8) is 0 Å². The van der Waals surface area contributed by atoms with E-state index in [4.69, 9.17) is 5.26 Å². The first-order valence-electron chi connectivity index (χ1n) is 5.29. The van der Waals surface area contributed by atoms with Crippen LogP contribution in [0.25, 0.3) is 0 Å². The zero-order chi connectivity index (χ0) is 12.7. The summed E-state index contributed by atoms with van der Waals surface area (Å²) in [7, 11) is 1.73. The molecule has 0 fully saturated rings. The van der Waals surface area contributed by atoms with Crippen LogP contribution in [0.3, 0.4) is 0 Å². The van der Waals surface area contributed by atoms with E-state index >= 15 is 0 Å². The number of hydrogen-bond acceptors (Lipinski definition) is 5. The molecule has 1 heterocycles. The Bertz CT molecular complexity index is 411. The van der Waals surface area contributed by atoms with E-state index in [1.807, 2.05) is 18.4 Å². The molecule has 1 amide bonds. The molecule has 4 nitrogen and oxygen atoms in total. The van der Waals surface area contributed by atoms with Crippen LogP contribution in [0.5, 0.6) is 0 Å². The van der Waals surface area contributed by atoms with E-state index in [-0.39, 0.29) is 5.91 Å². The lowest BCUT2D eigenvalue weighted by Crippen LogP contribution is -2.27. The maximum atomic E-state index is 11.6. The average molecular weight is 269 g/mol. The lowest BCUT2D eigenvalue weighted by Gasteiger charge is -2.14. The number of amides is 1. The molecule has 0 N–H and O–H groups in total. The van der Waals surface area contributed by atoms with Crippen LogP contribution in [0, 0.1) is 18.3 Å². The largest absolute Gasteiger partial charge is 0.345 e. The fourth-order valence-electron chi connectivity index (χ4n) is 1.16. The van der Waals surface area contributed by atoms with Crippen molar-refractivity contribution in [3.8, 4) is 6.07 Å². The van der Waals surface area contributed by atoms with Crippen molar-refractivity contribution in [2.75, 3.05) is 19.3 Å². The average Bonchev–Trinajstić information content (AvgIpc) is 2.71. The Balaban J connectivity index is 2.22. The molecule has 6 heteroatoms. The van der Waals surface area contributed by atoms with Gasteiger partial charge in [0.2, 0.25) is 5.91 Å². The van der Waals surface area contributed by atoms with Crippen LogP contribution < -0.4 is 0 Å². The second-order valence-electron chi connectivity index (χ2n) is 3.58. The molecule has 1 rings (SSSR count). The molecule has 1 aromatic rings. The Kier molecular flexibility index (Phi) is 6.01. The van der Waals surface area contributed by atoms with E-state index in [0.29, 0.717) is 19.4 Å². The molecule has 17 heavy (non-hydrogen) atoms. The van der Waals surface area contributed by atoms with Crippen LogP contribution in [-0.4, -0.2) is 35.1 Å². The molecule has 0 atom stereocenters. The summed E-state index contributed by atoms with van der Waals surface area (Å²) in [5.74, 6) is 0.823. The van der Waals surface area contributed by atoms with Crippen LogP contribution in [0.15, 0.2) is 9.72 Å². The molecule has 0 saturated carbocycles. The first-order chi connectivity index (χ1) is 8.13. The van der Waals surface area contributed by atoms with Crippen LogP contribution >= 0.6 is 23.1 Å². The smallest absolute Gasteiger partial charge is 0.223 e. The maximum absolute atomic E-state index is 11.6. The predicted octanol–water partition coefficient (Wildman–Crippen LogP) is 2.31. The molecule has 0 bridgehead atoms. The van der Waals surface area contributed by atoms with Crippen molar-refractivity contribution < 1.29 is 4.79 Å². The van der Waals surface area contributed by atoms with Crippen LogP contribution in [0.4, 0.5) is 0 Å². The summed E-state index contributed by atoms with van der Waals surface area (Å²) in [6.07, 6.45) is 0.881. The Hall–Kier alpha value is -1.06. The molecule has 92 valence electrons. The van der Waals surface area contributed by atoms with Crippen LogP contribution in [0.2, 0.25) is 0 Å². The number of carbonyl (C=O) groups excluding carboxylic acids is 1. The Morgan fingerprint density at radius 1 is 1.71 bits per heavy atom. The van der Waals surface area contributed by atoms with Crippen molar-refractivity contribution in [1.82, 2.24) is 9.88 Å². The summed E-state index contributed by atoms with van der Waals surface area (Å²) in [4.78, 5) is 17.6. The second kappa shape index (κ2) is 7.30. The fraction of sp³-hybridized carbons (Fsp3) is 0.545. The number of nitrogens with zero attached hydrogens (tertiary/aromatic N) is 3. The lowest BCUT2D eigenvalue weighted by molar-refractivity contribution is -0.129. The number of hydrogen-bond donors (Lipinski definition) is 0. The van der Waals surface area contributed by atoms with Crippen molar-refractivity contribution in [3.05, 3.63) is 11.1 Å². The number of carbonyl (C=O) groups is 1. The van der Waals surface area contributed by atoms with Gasteiger partial charge in [-0.15, -0.1) is 11.3 Å². The molecule has 0 spiro atoms. The van der Waals surface area contributed by atoms with Gasteiger partial charge in [-0.3, -0.25) is 4.79 Å². The Morgan fingerprint density at radius 3 is 3.06 bits per heavy atom. The summed E-state index contributed by atoms with van der Waals surface area (Å²) in [5.41, 5.74) is 1.02. The number of thioether (sulfide) groups is 1. The zero-order valence-corrected chi connectivity index (χ0v) is 11.6. The van der Waals surface area contributed by atoms with E-state index in [0.717, 1.165) is 15.8 Å². The van der Waals surface area contributed by atoms with E-state index < -0.39 is 0 Å². The highest BCUT2D eigenvalue weighted by Crippen LogP contribution is 2.22. The highest BCUT2D eigenvalue weighted by atomic mass is 32.2. The molecule has 0 aliphatic carbocycles. The van der Waals surface area contributed by atoms with E-state index in [1.165, 1.54) is 0 Å². The monoisotopic (exact) mass is 269 g/mol. The van der Waals surface area contributed by atoms with Crippen molar-refractivity contribution >= 4 is 29.0 Å². The second-order valence-corrected chi connectivity index (χ2v) is 5.78. The standard InChI is InChI=1S/C11H15N3OS2/c1-9-8-17-11(13-9)16-7-4-10(15)14(2)6-3-5-12/h8H,3-4,6-7H2,1-2H3. The van der Waals surface area contributed by atoms with E-state index in [9.17, 15) is 4.79 Å². The molecule has 0 aliphatic heterocycles. The van der Waals surface area contributed by atoms with Gasteiger partial charge in [0, 0.05) is 36.8 Å². The summed E-state index contributed by atoms with van der Waals surface area (Å²) in [6, 6.07) is 2.03. The molecule has 0 saturated heterocycles. The number of thiazole rings is 1. The SMILES string of the molecule is Cc1csc(SCCC(=O)N(C)CCC#N)n1. The van der Waals surface area contributed by atoms with Crippen LogP contribution in [-0.2, 0) is 4.79 Å². The van der Waals surface area contributed by atoms with Crippen molar-refractivity contribution in [1.29, 1.82) is 5.26 Å². The Labute approximate surface area is 110 Å². The van der Waals surface area contributed by atoms with Gasteiger partial charge < -0.3 is 4.90 Å². The topological polar surface area (TPSA) is 57.0 Å². The van der Waals surface area contributed by atoms with Gasteiger partial charge >= 0.3 is 0 Å². The minimum Gasteiger partial charge on any atom is -0.345 e. The minimum absolute atomic E-state index is 0.0843. The summed E-state index contributed by atoms with van der Waals surface area (Å²) < 4.78 is 1.01. The number of aryl methyl sites for hydroxylation is 1. The van der Waals surface area contributed by atoms with Gasteiger partial charge in [-0.25, -0.2) is 4.98 Å². The van der Waals surface area contributed by atoms with E-state index in [1.54, 1.807) is 35.0 Å². The van der Waals surface area contributed by atoms with Gasteiger partial charge in [-0.2, -0.15) is 5.26 Å². The van der Waals surface area contributed by atoms with Gasteiger partial charge in [-0.1, -0.05) is 11.8 Å². The third-order valence-corrected chi connectivity index (χ3v) is 4.26. The first kappa shape index (κ1) is 14.0. The predicted molar refractivity (Wildman–Crippen MR) is 70.1 cm³/mol. The molecular weight excluding hydrogens is 254 g/mol. The number of rotatable bonds is 6. The lowest BCUT2D eigenvalue weighted by atomic mass is 10.3. The molecule has 0 radical (unpaired) electrons. The van der Waals surface area contributed by atoms with Gasteiger partial charge in [0.05, 0.1) is 12.5 Å². The molecule has 0 aliphatic rings. The third-order valence-electron chi connectivity index (χ3n) is 2.12. The maximum Gasteiger partial charge on any atom is 0.223 e. The number of aromatic nitrogens is 1. The van der Waals surface area contributed by atoms with Gasteiger partial charge in [0.15, 0.2) is 0 Å². The number of nitriles is 1. The highest BCUT2D eigenvalue weighted by Gasteiger charge is 2.08. The molecular formula is C11H15N3OS2. The van der Waals surface area contributed by atoms with Crippen molar-refractivity contribution in [2.45, 2.75) is 24.1 Å². The van der Waals surface area contributed by atoms with Crippen LogP contribution in [0.1, 0.15) is 18.5 Å². The highest BCUT2D eigenvalue weighted by molar-refractivity contribution is 8.01. The van der Waals surface area contributed by atoms with Gasteiger partial charge in [0.1, 0.15) is 4.34 Å². The quantitative estimate of drug-likeness (QED) is 0.744. The summed E-state index contributed by atoms with van der Waals surface area (Å²) >= 11 is 3.21. The molecule has 0 aromatic carbocycles. The molecule has 0 unspecified atom stereocenters. The summed E-state index contributed by atoms with van der Waals surface area (Å²) in [6.45, 7) is 2.47. The third kappa shape index (κ3) is 5.20. The Morgan fingerprint density at radius 2 is 2.47 bits per heavy atom. The minimum atomic E-state index is 0.0843.